The number of rotatable bonds is 7. The molecule has 1 aliphatic carbocycles. The van der Waals surface area contributed by atoms with Crippen LogP contribution < -0.4 is 0 Å². The summed E-state index contributed by atoms with van der Waals surface area (Å²) < 4.78 is 5.09. The molecule has 0 spiro atoms. The lowest BCUT2D eigenvalue weighted by molar-refractivity contribution is 0.184. The Morgan fingerprint density at radius 2 is 1.80 bits per heavy atom. The van der Waals surface area contributed by atoms with Gasteiger partial charge in [-0.1, -0.05) is 32.6 Å². The summed E-state index contributed by atoms with van der Waals surface area (Å²) >= 11 is 0. The molecule has 112 valence electrons. The van der Waals surface area contributed by atoms with Gasteiger partial charge in [0.2, 0.25) is 0 Å². The zero-order valence-electron chi connectivity index (χ0n) is 13.0. The average Bonchev–Trinajstić information content (AvgIpc) is 2.49. The minimum absolute atomic E-state index is 0.578. The zero-order valence-corrected chi connectivity index (χ0v) is 13.0. The minimum atomic E-state index is 0.578. The van der Waals surface area contributed by atoms with E-state index in [1.165, 1.54) is 51.4 Å². The third-order valence-electron chi connectivity index (χ3n) is 4.46. The monoisotopic (exact) mass is 276 g/mol. The van der Waals surface area contributed by atoms with Crippen molar-refractivity contribution < 1.29 is 4.74 Å². The van der Waals surface area contributed by atoms with Gasteiger partial charge in [0.1, 0.15) is 5.82 Å². The molecule has 1 aromatic heterocycles. The molecule has 0 bridgehead atoms. The van der Waals surface area contributed by atoms with E-state index in [9.17, 15) is 0 Å². The van der Waals surface area contributed by atoms with Crippen molar-refractivity contribution in [1.29, 1.82) is 0 Å². The van der Waals surface area contributed by atoms with Crippen molar-refractivity contribution in [3.63, 3.8) is 0 Å². The van der Waals surface area contributed by atoms with Crippen molar-refractivity contribution >= 4 is 0 Å². The van der Waals surface area contributed by atoms with Gasteiger partial charge in [0.25, 0.3) is 0 Å². The highest BCUT2D eigenvalue weighted by Crippen LogP contribution is 2.36. The van der Waals surface area contributed by atoms with Crippen LogP contribution in [0.1, 0.15) is 75.6 Å². The fourth-order valence-corrected chi connectivity index (χ4v) is 3.21. The number of ether oxygens (including phenoxy) is 1. The Hall–Kier alpha value is -0.960. The maximum atomic E-state index is 5.09. The first-order valence-electron chi connectivity index (χ1n) is 8.13. The SMILES string of the molecule is CCCCC[C@H]1CC[C@H](c2ncc(COC)cn2)CC1. The number of nitrogens with zero attached hydrogens (tertiary/aromatic N) is 2. The third-order valence-corrected chi connectivity index (χ3v) is 4.46. The van der Waals surface area contributed by atoms with E-state index in [1.807, 2.05) is 12.4 Å². The summed E-state index contributed by atoms with van der Waals surface area (Å²) in [4.78, 5) is 9.06. The van der Waals surface area contributed by atoms with Crippen molar-refractivity contribution in [3.8, 4) is 0 Å². The maximum absolute atomic E-state index is 5.09. The second-order valence-electron chi connectivity index (χ2n) is 6.10. The van der Waals surface area contributed by atoms with Gasteiger partial charge in [-0.2, -0.15) is 0 Å². The number of methoxy groups -OCH3 is 1. The lowest BCUT2D eigenvalue weighted by Gasteiger charge is -2.27. The number of hydrogen-bond donors (Lipinski definition) is 0. The summed E-state index contributed by atoms with van der Waals surface area (Å²) in [6, 6.07) is 0. The Balaban J connectivity index is 1.78. The molecule has 3 nitrogen and oxygen atoms in total. The molecule has 0 amide bonds. The van der Waals surface area contributed by atoms with Crippen LogP contribution in [0.2, 0.25) is 0 Å². The van der Waals surface area contributed by atoms with E-state index < -0.39 is 0 Å². The highest BCUT2D eigenvalue weighted by molar-refractivity contribution is 5.07. The topological polar surface area (TPSA) is 35.0 Å². The number of aromatic nitrogens is 2. The van der Waals surface area contributed by atoms with Crippen LogP contribution >= 0.6 is 0 Å². The van der Waals surface area contributed by atoms with Gasteiger partial charge in [-0.25, -0.2) is 9.97 Å². The predicted octanol–water partition coefficient (Wildman–Crippen LogP) is 4.48. The molecule has 1 heterocycles. The van der Waals surface area contributed by atoms with Gasteiger partial charge in [-0.05, 0) is 31.6 Å². The van der Waals surface area contributed by atoms with Crippen molar-refractivity contribution in [2.75, 3.05) is 7.11 Å². The molecule has 1 aliphatic rings. The van der Waals surface area contributed by atoms with E-state index in [0.717, 1.165) is 17.3 Å². The van der Waals surface area contributed by atoms with Gasteiger partial charge < -0.3 is 4.74 Å². The summed E-state index contributed by atoms with van der Waals surface area (Å²) in [5, 5.41) is 0. The van der Waals surface area contributed by atoms with E-state index in [1.54, 1.807) is 7.11 Å². The highest BCUT2D eigenvalue weighted by atomic mass is 16.5. The van der Waals surface area contributed by atoms with Crippen LogP contribution in [0.5, 0.6) is 0 Å². The van der Waals surface area contributed by atoms with Gasteiger partial charge >= 0.3 is 0 Å². The molecule has 0 N–H and O–H groups in total. The number of hydrogen-bond acceptors (Lipinski definition) is 3. The molecule has 1 fully saturated rings. The molecule has 20 heavy (non-hydrogen) atoms. The molecule has 0 aromatic carbocycles. The Labute approximate surface area is 123 Å². The van der Waals surface area contributed by atoms with Crippen molar-refractivity contribution in [1.82, 2.24) is 9.97 Å². The normalized spacial score (nSPS) is 22.9. The first kappa shape index (κ1) is 15.4. The highest BCUT2D eigenvalue weighted by Gasteiger charge is 2.23. The minimum Gasteiger partial charge on any atom is -0.380 e. The quantitative estimate of drug-likeness (QED) is 0.689. The first-order valence-corrected chi connectivity index (χ1v) is 8.13. The van der Waals surface area contributed by atoms with Crippen molar-refractivity contribution in [2.24, 2.45) is 5.92 Å². The molecule has 0 radical (unpaired) electrons. The van der Waals surface area contributed by atoms with E-state index >= 15 is 0 Å². The zero-order chi connectivity index (χ0) is 14.2. The summed E-state index contributed by atoms with van der Waals surface area (Å²) in [5.74, 6) is 2.57. The van der Waals surface area contributed by atoms with E-state index in [-0.39, 0.29) is 0 Å². The lowest BCUT2D eigenvalue weighted by atomic mass is 9.79. The lowest BCUT2D eigenvalue weighted by Crippen LogP contribution is -2.15. The molecule has 2 rings (SSSR count). The van der Waals surface area contributed by atoms with Crippen LogP contribution in [0.15, 0.2) is 12.4 Å². The van der Waals surface area contributed by atoms with Crippen LogP contribution in [-0.2, 0) is 11.3 Å². The van der Waals surface area contributed by atoms with Gasteiger partial charge in [0, 0.05) is 31.0 Å². The smallest absolute Gasteiger partial charge is 0.131 e. The molecular weight excluding hydrogens is 248 g/mol. The van der Waals surface area contributed by atoms with Crippen LogP contribution in [0.4, 0.5) is 0 Å². The van der Waals surface area contributed by atoms with Gasteiger partial charge in [0.05, 0.1) is 6.61 Å². The molecule has 1 aromatic rings. The van der Waals surface area contributed by atoms with E-state index in [2.05, 4.69) is 16.9 Å². The Kier molecular flexibility index (Phi) is 6.44. The van der Waals surface area contributed by atoms with Crippen molar-refractivity contribution in [3.05, 3.63) is 23.8 Å². The van der Waals surface area contributed by atoms with Gasteiger partial charge in [-0.3, -0.25) is 0 Å². The predicted molar refractivity (Wildman–Crippen MR) is 81.6 cm³/mol. The summed E-state index contributed by atoms with van der Waals surface area (Å²) in [6.45, 7) is 2.88. The molecule has 3 heteroatoms. The van der Waals surface area contributed by atoms with Crippen LogP contribution in [0.3, 0.4) is 0 Å². The molecule has 1 saturated carbocycles. The van der Waals surface area contributed by atoms with Gasteiger partial charge in [-0.15, -0.1) is 0 Å². The maximum Gasteiger partial charge on any atom is 0.131 e. The molecular formula is C17H28N2O. The molecule has 0 atom stereocenters. The van der Waals surface area contributed by atoms with Crippen LogP contribution in [-0.4, -0.2) is 17.1 Å². The standard InChI is InChI=1S/C17H28N2O/c1-3-4-5-6-14-7-9-16(10-8-14)17-18-11-15(12-19-17)13-20-2/h11-12,14,16H,3-10,13H2,1-2H3/t14-,16-. The van der Waals surface area contributed by atoms with Crippen molar-refractivity contribution in [2.45, 2.75) is 70.8 Å². The van der Waals surface area contributed by atoms with Gasteiger partial charge in [0.15, 0.2) is 0 Å². The molecule has 0 aliphatic heterocycles. The van der Waals surface area contributed by atoms with Crippen LogP contribution in [0, 0.1) is 5.92 Å². The second-order valence-corrected chi connectivity index (χ2v) is 6.10. The van der Waals surface area contributed by atoms with E-state index in [4.69, 9.17) is 4.74 Å². The Morgan fingerprint density at radius 3 is 2.40 bits per heavy atom. The molecule has 0 saturated heterocycles. The fraction of sp³-hybridized carbons (Fsp3) is 0.765. The second kappa shape index (κ2) is 8.35. The summed E-state index contributed by atoms with van der Waals surface area (Å²) in [7, 11) is 1.70. The average molecular weight is 276 g/mol. The molecule has 0 unspecified atom stereocenters. The third kappa shape index (κ3) is 4.55. The largest absolute Gasteiger partial charge is 0.380 e. The Bertz CT molecular complexity index is 369. The van der Waals surface area contributed by atoms with E-state index in [0.29, 0.717) is 12.5 Å². The van der Waals surface area contributed by atoms with Crippen LogP contribution in [0.25, 0.3) is 0 Å². The Morgan fingerprint density at radius 1 is 1.10 bits per heavy atom. The number of unbranched alkanes of at least 4 members (excludes halogenated alkanes) is 2. The fourth-order valence-electron chi connectivity index (χ4n) is 3.21. The summed E-state index contributed by atoms with van der Waals surface area (Å²) in [6.07, 6.45) is 14.6. The first-order chi connectivity index (χ1) is 9.83. The summed E-state index contributed by atoms with van der Waals surface area (Å²) in [5.41, 5.74) is 1.06.